The molecule has 0 radical (unpaired) electrons. The third kappa shape index (κ3) is 6.45. The Labute approximate surface area is 211 Å². The van der Waals surface area contributed by atoms with Gasteiger partial charge in [-0.2, -0.15) is 0 Å². The summed E-state index contributed by atoms with van der Waals surface area (Å²) in [4.78, 5) is 27.6. The number of carbonyl (C=O) groups excluding carboxylic acids is 2. The van der Waals surface area contributed by atoms with Crippen molar-refractivity contribution in [1.82, 2.24) is 10.2 Å². The van der Waals surface area contributed by atoms with Gasteiger partial charge < -0.3 is 19.7 Å². The molecule has 1 heterocycles. The predicted octanol–water partition coefficient (Wildman–Crippen LogP) is 2.69. The number of amides is 2. The molecule has 0 unspecified atom stereocenters. The lowest BCUT2D eigenvalue weighted by Crippen LogP contribution is -2.52. The number of rotatable bonds is 10. The maximum Gasteiger partial charge on any atom is 0.244 e. The molecular formula is C25H32FN3O6S. The molecule has 36 heavy (non-hydrogen) atoms. The predicted molar refractivity (Wildman–Crippen MR) is 134 cm³/mol. The lowest BCUT2D eigenvalue weighted by molar-refractivity contribution is -0.139. The number of nitrogens with zero attached hydrogens (tertiary/aromatic N) is 2. The minimum atomic E-state index is -3.90. The van der Waals surface area contributed by atoms with Crippen LogP contribution in [0, 0.1) is 5.82 Å². The summed E-state index contributed by atoms with van der Waals surface area (Å²) in [6, 6.07) is 9.40. The van der Waals surface area contributed by atoms with Gasteiger partial charge in [0, 0.05) is 24.2 Å². The molecule has 9 nitrogen and oxygen atoms in total. The fourth-order valence-electron chi connectivity index (χ4n) is 3.70. The zero-order valence-corrected chi connectivity index (χ0v) is 21.7. The molecule has 1 aliphatic heterocycles. The first-order valence-electron chi connectivity index (χ1n) is 11.8. The summed E-state index contributed by atoms with van der Waals surface area (Å²) in [5.41, 5.74) is 0.429. The van der Waals surface area contributed by atoms with E-state index in [4.69, 9.17) is 9.47 Å². The van der Waals surface area contributed by atoms with Gasteiger partial charge in [-0.25, -0.2) is 12.8 Å². The molecule has 1 atom stereocenters. The van der Waals surface area contributed by atoms with E-state index >= 15 is 0 Å². The van der Waals surface area contributed by atoms with Gasteiger partial charge in [-0.05, 0) is 45.9 Å². The molecule has 2 aromatic rings. The van der Waals surface area contributed by atoms with Gasteiger partial charge in [-0.15, -0.1) is 0 Å². The van der Waals surface area contributed by atoms with Crippen LogP contribution in [-0.4, -0.2) is 62.7 Å². The van der Waals surface area contributed by atoms with Gasteiger partial charge in [0.15, 0.2) is 11.5 Å². The normalized spacial score (nSPS) is 13.7. The molecule has 2 aromatic carbocycles. The van der Waals surface area contributed by atoms with Crippen molar-refractivity contribution in [3.05, 3.63) is 53.8 Å². The summed E-state index contributed by atoms with van der Waals surface area (Å²) in [5, 5.41) is 2.75. The van der Waals surface area contributed by atoms with E-state index in [0.29, 0.717) is 24.7 Å². The Bertz CT molecular complexity index is 1200. The Morgan fingerprint density at radius 2 is 1.72 bits per heavy atom. The van der Waals surface area contributed by atoms with Crippen molar-refractivity contribution < 1.29 is 31.9 Å². The first-order chi connectivity index (χ1) is 17.0. The second-order valence-electron chi connectivity index (χ2n) is 8.69. The lowest BCUT2D eigenvalue weighted by atomic mass is 10.1. The van der Waals surface area contributed by atoms with E-state index in [-0.39, 0.29) is 29.6 Å². The number of nitrogens with one attached hydrogen (secondary N) is 1. The molecule has 1 N–H and O–H groups in total. The fourth-order valence-corrected chi connectivity index (χ4v) is 4.76. The molecule has 0 aliphatic carbocycles. The quantitative estimate of drug-likeness (QED) is 0.516. The zero-order chi connectivity index (χ0) is 26.5. The number of fused-ring (bicyclic) bond motifs is 1. The molecule has 0 aromatic heterocycles. The molecule has 11 heteroatoms. The summed E-state index contributed by atoms with van der Waals surface area (Å²) in [6.45, 7) is 6.47. The highest BCUT2D eigenvalue weighted by atomic mass is 32.2. The van der Waals surface area contributed by atoms with Crippen LogP contribution in [0.5, 0.6) is 11.5 Å². The summed E-state index contributed by atoms with van der Waals surface area (Å²) in [7, 11) is -3.90. The molecule has 0 spiro atoms. The van der Waals surface area contributed by atoms with Crippen molar-refractivity contribution in [1.29, 1.82) is 0 Å². The first-order valence-corrected chi connectivity index (χ1v) is 13.4. The average molecular weight is 522 g/mol. The highest BCUT2D eigenvalue weighted by Crippen LogP contribution is 2.35. The van der Waals surface area contributed by atoms with Crippen molar-refractivity contribution in [2.45, 2.75) is 46.3 Å². The number of benzene rings is 2. The maximum absolute atomic E-state index is 14.4. The van der Waals surface area contributed by atoms with Crippen LogP contribution in [0.25, 0.3) is 0 Å². The van der Waals surface area contributed by atoms with Gasteiger partial charge in [-0.1, -0.05) is 18.2 Å². The third-order valence-corrected chi connectivity index (χ3v) is 7.43. The van der Waals surface area contributed by atoms with Gasteiger partial charge in [-0.3, -0.25) is 13.9 Å². The van der Waals surface area contributed by atoms with E-state index in [1.165, 1.54) is 49.1 Å². The van der Waals surface area contributed by atoms with Gasteiger partial charge in [0.2, 0.25) is 21.8 Å². The minimum absolute atomic E-state index is 0.181. The number of sulfonamides is 1. The van der Waals surface area contributed by atoms with Crippen molar-refractivity contribution in [2.75, 3.05) is 29.8 Å². The van der Waals surface area contributed by atoms with Crippen molar-refractivity contribution in [3.63, 3.8) is 0 Å². The Morgan fingerprint density at radius 1 is 1.06 bits per heavy atom. The summed E-state index contributed by atoms with van der Waals surface area (Å²) >= 11 is 0. The number of anilines is 1. The minimum Gasteiger partial charge on any atom is -0.486 e. The highest BCUT2D eigenvalue weighted by Gasteiger charge is 2.32. The van der Waals surface area contributed by atoms with Gasteiger partial charge in [0.05, 0.1) is 11.4 Å². The SMILES string of the molecule is CCS(=O)(=O)N(CC(=O)N(Cc1ccccc1F)[C@H](C)C(=O)NC(C)C)c1ccc2c(c1)OCCO2. The second-order valence-corrected chi connectivity index (χ2v) is 10.9. The van der Waals surface area contributed by atoms with Gasteiger partial charge in [0.25, 0.3) is 0 Å². The molecule has 196 valence electrons. The Morgan fingerprint density at radius 3 is 2.36 bits per heavy atom. The van der Waals surface area contributed by atoms with E-state index in [0.717, 1.165) is 4.31 Å². The smallest absolute Gasteiger partial charge is 0.244 e. The number of ether oxygens (including phenoxy) is 2. The summed E-state index contributed by atoms with van der Waals surface area (Å²) in [6.07, 6.45) is 0. The van der Waals surface area contributed by atoms with Crippen LogP contribution in [0.4, 0.5) is 10.1 Å². The number of hydrogen-bond donors (Lipinski definition) is 1. The monoisotopic (exact) mass is 521 g/mol. The van der Waals surface area contributed by atoms with Gasteiger partial charge in [0.1, 0.15) is 31.6 Å². The second kappa shape index (κ2) is 11.6. The largest absolute Gasteiger partial charge is 0.486 e. The van der Waals surface area contributed by atoms with E-state index in [1.807, 2.05) is 0 Å². The first kappa shape index (κ1) is 27.3. The van der Waals surface area contributed by atoms with Crippen molar-refractivity contribution >= 4 is 27.5 Å². The van der Waals surface area contributed by atoms with E-state index in [2.05, 4.69) is 5.32 Å². The van der Waals surface area contributed by atoms with Crippen LogP contribution in [-0.2, 0) is 26.2 Å². The van der Waals surface area contributed by atoms with Crippen LogP contribution >= 0.6 is 0 Å². The molecule has 2 amide bonds. The van der Waals surface area contributed by atoms with Gasteiger partial charge >= 0.3 is 0 Å². The third-order valence-electron chi connectivity index (χ3n) is 5.69. The molecule has 0 fully saturated rings. The number of halogens is 1. The number of hydrogen-bond acceptors (Lipinski definition) is 6. The highest BCUT2D eigenvalue weighted by molar-refractivity contribution is 7.92. The Balaban J connectivity index is 1.96. The van der Waals surface area contributed by atoms with Crippen LogP contribution in [0.15, 0.2) is 42.5 Å². The molecule has 0 bridgehead atoms. The van der Waals surface area contributed by atoms with Crippen LogP contribution in [0.1, 0.15) is 33.3 Å². The van der Waals surface area contributed by atoms with Crippen molar-refractivity contribution in [3.8, 4) is 11.5 Å². The summed E-state index contributed by atoms with van der Waals surface area (Å²) in [5.74, 6) is -1.03. The topological polar surface area (TPSA) is 105 Å². The molecule has 1 aliphatic rings. The fraction of sp³-hybridized carbons (Fsp3) is 0.440. The number of carbonyl (C=O) groups is 2. The summed E-state index contributed by atoms with van der Waals surface area (Å²) < 4.78 is 52.6. The van der Waals surface area contributed by atoms with E-state index < -0.39 is 40.2 Å². The van der Waals surface area contributed by atoms with Crippen molar-refractivity contribution in [2.24, 2.45) is 0 Å². The Hall–Kier alpha value is -3.34. The molecular weight excluding hydrogens is 489 g/mol. The molecule has 0 saturated heterocycles. The Kier molecular flexibility index (Phi) is 8.78. The van der Waals surface area contributed by atoms with Crippen LogP contribution < -0.4 is 19.1 Å². The zero-order valence-electron chi connectivity index (χ0n) is 20.9. The standard InChI is InChI=1S/C25H32FN3O6S/c1-5-36(32,33)29(20-10-11-22-23(14-20)35-13-12-34-22)16-24(30)28(18(4)25(31)27-17(2)3)15-19-8-6-7-9-21(19)26/h6-11,14,17-18H,5,12-13,15-16H2,1-4H3,(H,27,31)/t18-/m1/s1. The van der Waals surface area contributed by atoms with E-state index in [1.54, 1.807) is 26.0 Å². The van der Waals surface area contributed by atoms with E-state index in [9.17, 15) is 22.4 Å². The van der Waals surface area contributed by atoms with Crippen LogP contribution in [0.2, 0.25) is 0 Å². The van der Waals surface area contributed by atoms with Crippen LogP contribution in [0.3, 0.4) is 0 Å². The lowest BCUT2D eigenvalue weighted by Gasteiger charge is -2.32. The average Bonchev–Trinajstić information content (AvgIpc) is 2.85. The molecule has 3 rings (SSSR count). The molecule has 0 saturated carbocycles. The maximum atomic E-state index is 14.4.